The summed E-state index contributed by atoms with van der Waals surface area (Å²) in [7, 11) is -3.95. The van der Waals surface area contributed by atoms with Gasteiger partial charge in [-0.05, 0) is 18.2 Å². The fraction of sp³-hybridized carbons (Fsp3) is 0.0714. The molecule has 1 N–H and O–H groups in total. The number of aromatic nitrogens is 1. The Morgan fingerprint density at radius 1 is 1.22 bits per heavy atom. The highest BCUT2D eigenvalue weighted by molar-refractivity contribution is 7.92. The number of hydrogen-bond donors (Lipinski definition) is 1. The van der Waals surface area contributed by atoms with Gasteiger partial charge in [-0.25, -0.2) is 13.4 Å². The number of hydrogen-bond acceptors (Lipinski definition) is 6. The van der Waals surface area contributed by atoms with Crippen LogP contribution in [0, 0.1) is 17.0 Å². The highest BCUT2D eigenvalue weighted by Crippen LogP contribution is 2.23. The normalized spacial score (nSPS) is 11.5. The van der Waals surface area contributed by atoms with Gasteiger partial charge in [-0.3, -0.25) is 14.8 Å². The van der Waals surface area contributed by atoms with Crippen molar-refractivity contribution in [2.24, 2.45) is 0 Å². The third-order valence-electron chi connectivity index (χ3n) is 3.09. The van der Waals surface area contributed by atoms with Crippen molar-refractivity contribution < 1.29 is 17.8 Å². The first-order valence-corrected chi connectivity index (χ1v) is 7.98. The Morgan fingerprint density at radius 2 is 2.00 bits per heavy atom. The van der Waals surface area contributed by atoms with Gasteiger partial charge in [-0.1, -0.05) is 6.07 Å². The van der Waals surface area contributed by atoms with E-state index in [-0.39, 0.29) is 16.3 Å². The Balaban J connectivity index is 1.95. The smallest absolute Gasteiger partial charge is 0.270 e. The van der Waals surface area contributed by atoms with Gasteiger partial charge in [0.1, 0.15) is 5.52 Å². The van der Waals surface area contributed by atoms with Crippen LogP contribution < -0.4 is 4.72 Å². The van der Waals surface area contributed by atoms with Gasteiger partial charge >= 0.3 is 0 Å². The first-order valence-electron chi connectivity index (χ1n) is 6.50. The Morgan fingerprint density at radius 3 is 2.74 bits per heavy atom. The Bertz CT molecular complexity index is 1010. The Kier molecular flexibility index (Phi) is 3.49. The van der Waals surface area contributed by atoms with Crippen molar-refractivity contribution in [3.63, 3.8) is 0 Å². The van der Waals surface area contributed by atoms with Crippen molar-refractivity contribution in [1.82, 2.24) is 4.98 Å². The highest BCUT2D eigenvalue weighted by Gasteiger charge is 2.18. The summed E-state index contributed by atoms with van der Waals surface area (Å²) >= 11 is 0. The minimum atomic E-state index is -3.95. The van der Waals surface area contributed by atoms with Crippen molar-refractivity contribution in [3.05, 3.63) is 58.5 Å². The molecule has 0 bridgehead atoms. The number of fused-ring (bicyclic) bond motifs is 1. The molecule has 3 aromatic rings. The molecule has 0 unspecified atom stereocenters. The van der Waals surface area contributed by atoms with Gasteiger partial charge < -0.3 is 4.42 Å². The molecule has 23 heavy (non-hydrogen) atoms. The minimum absolute atomic E-state index is 0.194. The quantitative estimate of drug-likeness (QED) is 0.580. The summed E-state index contributed by atoms with van der Waals surface area (Å²) < 4.78 is 32.4. The monoisotopic (exact) mass is 333 g/mol. The van der Waals surface area contributed by atoms with Crippen molar-refractivity contribution in [1.29, 1.82) is 0 Å². The molecule has 0 aliphatic carbocycles. The number of nitro groups is 1. The highest BCUT2D eigenvalue weighted by atomic mass is 32.2. The van der Waals surface area contributed by atoms with E-state index < -0.39 is 14.9 Å². The molecule has 0 radical (unpaired) electrons. The molecule has 8 nitrogen and oxygen atoms in total. The average molecular weight is 333 g/mol. The van der Waals surface area contributed by atoms with Gasteiger partial charge in [-0.2, -0.15) is 0 Å². The molecule has 118 valence electrons. The number of nitrogens with one attached hydrogen (secondary N) is 1. The van der Waals surface area contributed by atoms with Gasteiger partial charge in [0, 0.05) is 25.1 Å². The van der Waals surface area contributed by atoms with Crippen LogP contribution in [0.5, 0.6) is 0 Å². The van der Waals surface area contributed by atoms with Crippen LogP contribution in [0.15, 0.2) is 51.8 Å². The van der Waals surface area contributed by atoms with Crippen molar-refractivity contribution >= 4 is 32.5 Å². The Hall–Kier alpha value is -2.94. The summed E-state index contributed by atoms with van der Waals surface area (Å²) in [5.41, 5.74) is 1.04. The van der Waals surface area contributed by atoms with E-state index in [1.165, 1.54) is 24.3 Å². The summed E-state index contributed by atoms with van der Waals surface area (Å²) in [4.78, 5) is 14.0. The Labute approximate surface area is 131 Å². The molecule has 0 saturated heterocycles. The SMILES string of the molecule is Cc1nc2ccc(NS(=O)(=O)c3cccc([N+](=O)[O-])c3)cc2o1. The largest absolute Gasteiger partial charge is 0.441 e. The molecule has 0 saturated carbocycles. The van der Waals surface area contributed by atoms with Crippen LogP contribution in [0.1, 0.15) is 5.89 Å². The van der Waals surface area contributed by atoms with Gasteiger partial charge in [0.15, 0.2) is 11.5 Å². The van der Waals surface area contributed by atoms with E-state index in [9.17, 15) is 18.5 Å². The number of rotatable bonds is 4. The zero-order chi connectivity index (χ0) is 16.6. The lowest BCUT2D eigenvalue weighted by Crippen LogP contribution is -2.13. The predicted octanol–water partition coefficient (Wildman–Crippen LogP) is 2.85. The molecule has 0 atom stereocenters. The lowest BCUT2D eigenvalue weighted by molar-refractivity contribution is -0.385. The number of sulfonamides is 1. The van der Waals surface area contributed by atoms with E-state index in [0.717, 1.165) is 6.07 Å². The molecule has 9 heteroatoms. The minimum Gasteiger partial charge on any atom is -0.441 e. The van der Waals surface area contributed by atoms with E-state index in [4.69, 9.17) is 4.42 Å². The molecule has 0 aliphatic heterocycles. The number of nitrogens with zero attached hydrogens (tertiary/aromatic N) is 2. The maximum atomic E-state index is 12.3. The molecule has 0 aliphatic rings. The number of oxazole rings is 1. The maximum absolute atomic E-state index is 12.3. The molecule has 0 spiro atoms. The van der Waals surface area contributed by atoms with Crippen molar-refractivity contribution in [2.75, 3.05) is 4.72 Å². The number of nitro benzene ring substituents is 1. The van der Waals surface area contributed by atoms with Crippen LogP contribution in [0.25, 0.3) is 11.1 Å². The third kappa shape index (κ3) is 2.99. The second-order valence-corrected chi connectivity index (χ2v) is 6.46. The second kappa shape index (κ2) is 5.36. The number of benzene rings is 2. The van der Waals surface area contributed by atoms with Crippen molar-refractivity contribution in [2.45, 2.75) is 11.8 Å². The summed E-state index contributed by atoms with van der Waals surface area (Å²) in [6.07, 6.45) is 0. The maximum Gasteiger partial charge on any atom is 0.270 e. The van der Waals surface area contributed by atoms with Gasteiger partial charge in [0.25, 0.3) is 15.7 Å². The summed E-state index contributed by atoms with van der Waals surface area (Å²) in [6, 6.07) is 9.49. The van der Waals surface area contributed by atoms with Gasteiger partial charge in [-0.15, -0.1) is 0 Å². The molecule has 2 aromatic carbocycles. The second-order valence-electron chi connectivity index (χ2n) is 4.78. The summed E-state index contributed by atoms with van der Waals surface area (Å²) in [5, 5.41) is 10.8. The van der Waals surface area contributed by atoms with E-state index in [2.05, 4.69) is 9.71 Å². The third-order valence-corrected chi connectivity index (χ3v) is 4.47. The number of anilines is 1. The fourth-order valence-corrected chi connectivity index (χ4v) is 3.17. The lowest BCUT2D eigenvalue weighted by atomic mass is 10.3. The average Bonchev–Trinajstić information content (AvgIpc) is 2.86. The van der Waals surface area contributed by atoms with Crippen LogP contribution >= 0.6 is 0 Å². The first kappa shape index (κ1) is 15.0. The first-order chi connectivity index (χ1) is 10.8. The standard InChI is InChI=1S/C14H11N3O5S/c1-9-15-13-6-5-10(7-14(13)22-9)16-23(20,21)12-4-2-3-11(8-12)17(18)19/h2-8,16H,1H3. The number of aryl methyl sites for hydroxylation is 1. The molecule has 0 fully saturated rings. The summed E-state index contributed by atoms with van der Waals surface area (Å²) in [6.45, 7) is 1.69. The van der Waals surface area contributed by atoms with E-state index >= 15 is 0 Å². The molecule has 0 amide bonds. The van der Waals surface area contributed by atoms with Crippen LogP contribution in [0.4, 0.5) is 11.4 Å². The van der Waals surface area contributed by atoms with Crippen molar-refractivity contribution in [3.8, 4) is 0 Å². The lowest BCUT2D eigenvalue weighted by Gasteiger charge is -2.07. The van der Waals surface area contributed by atoms with E-state index in [1.54, 1.807) is 19.1 Å². The van der Waals surface area contributed by atoms with Crippen LogP contribution in [0.2, 0.25) is 0 Å². The topological polar surface area (TPSA) is 115 Å². The zero-order valence-electron chi connectivity index (χ0n) is 11.9. The molecule has 3 rings (SSSR count). The molecule has 1 heterocycles. The zero-order valence-corrected chi connectivity index (χ0v) is 12.7. The molecule has 1 aromatic heterocycles. The fourth-order valence-electron chi connectivity index (χ4n) is 2.08. The van der Waals surface area contributed by atoms with Gasteiger partial charge in [0.05, 0.1) is 15.5 Å². The molecular weight excluding hydrogens is 322 g/mol. The summed E-state index contributed by atoms with van der Waals surface area (Å²) in [5.74, 6) is 0.471. The predicted molar refractivity (Wildman–Crippen MR) is 82.7 cm³/mol. The van der Waals surface area contributed by atoms with Gasteiger partial charge in [0.2, 0.25) is 0 Å². The van der Waals surface area contributed by atoms with E-state index in [1.807, 2.05) is 0 Å². The van der Waals surface area contributed by atoms with Crippen LogP contribution in [-0.2, 0) is 10.0 Å². The number of non-ortho nitro benzene ring substituents is 1. The molecular formula is C14H11N3O5S. The van der Waals surface area contributed by atoms with Crippen LogP contribution in [0.3, 0.4) is 0 Å². The van der Waals surface area contributed by atoms with Crippen LogP contribution in [-0.4, -0.2) is 18.3 Å². The van der Waals surface area contributed by atoms with E-state index in [0.29, 0.717) is 17.0 Å².